The summed E-state index contributed by atoms with van der Waals surface area (Å²) < 4.78 is 5.47. The number of likely N-dealkylation sites (N-methyl/N-ethyl adjacent to an activating group) is 1. The number of ether oxygens (including phenoxy) is 1. The fourth-order valence-electron chi connectivity index (χ4n) is 2.76. The van der Waals surface area contributed by atoms with Crippen LogP contribution in [0.15, 0.2) is 30.3 Å². The maximum Gasteiger partial charge on any atom is 0.231 e. The molecule has 20 heavy (non-hydrogen) atoms. The van der Waals surface area contributed by atoms with Crippen molar-refractivity contribution in [3.8, 4) is 0 Å². The Labute approximate surface area is 120 Å². The van der Waals surface area contributed by atoms with E-state index in [0.717, 1.165) is 38.2 Å². The van der Waals surface area contributed by atoms with Gasteiger partial charge in [0.2, 0.25) is 5.91 Å². The van der Waals surface area contributed by atoms with Crippen molar-refractivity contribution in [3.05, 3.63) is 35.9 Å². The van der Waals surface area contributed by atoms with Crippen molar-refractivity contribution in [2.24, 2.45) is 11.7 Å². The third kappa shape index (κ3) is 3.81. The minimum atomic E-state index is -0.245. The molecule has 1 aliphatic rings. The zero-order valence-corrected chi connectivity index (χ0v) is 12.1. The second kappa shape index (κ2) is 7.41. The molecule has 0 bridgehead atoms. The Bertz CT molecular complexity index is 416. The van der Waals surface area contributed by atoms with Crippen molar-refractivity contribution >= 4 is 5.91 Å². The standard InChI is InChI=1S/C16H24N2O2/c1-18(11-13-6-5-9-20-12-13)16(19)15(10-17)14-7-3-2-4-8-14/h2-4,7-8,13,15H,5-6,9-12,17H2,1H3. The number of carbonyl (C=O) groups is 1. The molecular weight excluding hydrogens is 252 g/mol. The van der Waals surface area contributed by atoms with Crippen LogP contribution < -0.4 is 5.73 Å². The van der Waals surface area contributed by atoms with Gasteiger partial charge in [0.1, 0.15) is 0 Å². The zero-order valence-electron chi connectivity index (χ0n) is 12.1. The number of nitrogens with zero attached hydrogens (tertiary/aromatic N) is 1. The summed E-state index contributed by atoms with van der Waals surface area (Å²) in [5.41, 5.74) is 6.80. The second-order valence-electron chi connectivity index (χ2n) is 5.50. The van der Waals surface area contributed by atoms with Gasteiger partial charge in [-0.1, -0.05) is 30.3 Å². The first-order chi connectivity index (χ1) is 9.72. The van der Waals surface area contributed by atoms with Gasteiger partial charge >= 0.3 is 0 Å². The van der Waals surface area contributed by atoms with Crippen LogP contribution in [0.4, 0.5) is 0 Å². The molecule has 1 aromatic rings. The van der Waals surface area contributed by atoms with Gasteiger partial charge < -0.3 is 15.4 Å². The van der Waals surface area contributed by atoms with Crippen LogP contribution in [0.3, 0.4) is 0 Å². The second-order valence-corrected chi connectivity index (χ2v) is 5.50. The number of rotatable bonds is 5. The summed E-state index contributed by atoms with van der Waals surface area (Å²) in [6, 6.07) is 9.77. The molecule has 0 aromatic heterocycles. The molecule has 1 amide bonds. The number of hydrogen-bond acceptors (Lipinski definition) is 3. The number of nitrogens with two attached hydrogens (primary N) is 1. The normalized spacial score (nSPS) is 20.4. The summed E-state index contributed by atoms with van der Waals surface area (Å²) in [4.78, 5) is 14.4. The Hall–Kier alpha value is -1.39. The molecule has 0 saturated carbocycles. The van der Waals surface area contributed by atoms with Gasteiger partial charge in [0.05, 0.1) is 12.5 Å². The SMILES string of the molecule is CN(CC1CCCOC1)C(=O)C(CN)c1ccccc1. The average Bonchev–Trinajstić information content (AvgIpc) is 2.50. The van der Waals surface area contributed by atoms with Gasteiger partial charge in [-0.05, 0) is 24.3 Å². The molecule has 0 aliphatic carbocycles. The van der Waals surface area contributed by atoms with Crippen molar-refractivity contribution < 1.29 is 9.53 Å². The molecule has 2 atom stereocenters. The highest BCUT2D eigenvalue weighted by Gasteiger charge is 2.25. The number of benzene rings is 1. The Morgan fingerprint density at radius 2 is 2.20 bits per heavy atom. The monoisotopic (exact) mass is 276 g/mol. The van der Waals surface area contributed by atoms with Gasteiger partial charge in [-0.3, -0.25) is 4.79 Å². The quantitative estimate of drug-likeness (QED) is 0.889. The first-order valence-corrected chi connectivity index (χ1v) is 7.30. The summed E-state index contributed by atoms with van der Waals surface area (Å²) in [5.74, 6) is 0.307. The van der Waals surface area contributed by atoms with Crippen LogP contribution in [0, 0.1) is 5.92 Å². The smallest absolute Gasteiger partial charge is 0.231 e. The van der Waals surface area contributed by atoms with Crippen LogP contribution in [0.2, 0.25) is 0 Å². The van der Waals surface area contributed by atoms with E-state index in [9.17, 15) is 4.79 Å². The highest BCUT2D eigenvalue weighted by Crippen LogP contribution is 2.19. The summed E-state index contributed by atoms with van der Waals surface area (Å²) in [5, 5.41) is 0. The lowest BCUT2D eigenvalue weighted by molar-refractivity contribution is -0.132. The lowest BCUT2D eigenvalue weighted by Gasteiger charge is -2.29. The summed E-state index contributed by atoms with van der Waals surface area (Å²) >= 11 is 0. The highest BCUT2D eigenvalue weighted by atomic mass is 16.5. The molecule has 4 heteroatoms. The summed E-state index contributed by atoms with van der Waals surface area (Å²) in [6.07, 6.45) is 2.22. The number of carbonyl (C=O) groups excluding carboxylic acids is 1. The predicted octanol–water partition coefficient (Wildman–Crippen LogP) is 1.61. The largest absolute Gasteiger partial charge is 0.381 e. The van der Waals surface area contributed by atoms with Gasteiger partial charge in [-0.25, -0.2) is 0 Å². The first-order valence-electron chi connectivity index (χ1n) is 7.30. The molecule has 1 heterocycles. The molecule has 2 rings (SSSR count). The van der Waals surface area contributed by atoms with Crippen molar-refractivity contribution in [2.45, 2.75) is 18.8 Å². The van der Waals surface area contributed by atoms with Gasteiger partial charge in [-0.2, -0.15) is 0 Å². The molecular formula is C16H24N2O2. The molecule has 2 unspecified atom stereocenters. The summed E-state index contributed by atoms with van der Waals surface area (Å²) in [6.45, 7) is 2.70. The van der Waals surface area contributed by atoms with E-state index in [-0.39, 0.29) is 11.8 Å². The maximum absolute atomic E-state index is 12.6. The Morgan fingerprint density at radius 3 is 2.80 bits per heavy atom. The van der Waals surface area contributed by atoms with Crippen LogP contribution in [-0.4, -0.2) is 44.2 Å². The van der Waals surface area contributed by atoms with Gasteiger partial charge in [0.25, 0.3) is 0 Å². The molecule has 1 aromatic carbocycles. The predicted molar refractivity (Wildman–Crippen MR) is 79.4 cm³/mol. The topological polar surface area (TPSA) is 55.6 Å². The van der Waals surface area contributed by atoms with E-state index in [2.05, 4.69) is 0 Å². The zero-order chi connectivity index (χ0) is 14.4. The molecule has 1 aliphatic heterocycles. The minimum absolute atomic E-state index is 0.101. The lowest BCUT2D eigenvalue weighted by Crippen LogP contribution is -2.39. The average molecular weight is 276 g/mol. The van der Waals surface area contributed by atoms with Crippen LogP contribution in [-0.2, 0) is 9.53 Å². The van der Waals surface area contributed by atoms with Crippen LogP contribution in [0.5, 0.6) is 0 Å². The summed E-state index contributed by atoms with van der Waals surface area (Å²) in [7, 11) is 1.86. The number of amides is 1. The third-order valence-corrected chi connectivity index (χ3v) is 3.90. The van der Waals surface area contributed by atoms with E-state index in [0.29, 0.717) is 12.5 Å². The Kier molecular flexibility index (Phi) is 5.56. The van der Waals surface area contributed by atoms with E-state index in [1.807, 2.05) is 42.3 Å². The van der Waals surface area contributed by atoms with E-state index in [4.69, 9.17) is 10.5 Å². The van der Waals surface area contributed by atoms with Crippen LogP contribution in [0.1, 0.15) is 24.3 Å². The van der Waals surface area contributed by atoms with Gasteiger partial charge in [0.15, 0.2) is 0 Å². The van der Waals surface area contributed by atoms with Gasteiger partial charge in [-0.15, -0.1) is 0 Å². The van der Waals surface area contributed by atoms with E-state index in [1.165, 1.54) is 0 Å². The molecule has 4 nitrogen and oxygen atoms in total. The fraction of sp³-hybridized carbons (Fsp3) is 0.562. The van der Waals surface area contributed by atoms with Crippen LogP contribution >= 0.6 is 0 Å². The maximum atomic E-state index is 12.6. The van der Waals surface area contributed by atoms with E-state index < -0.39 is 0 Å². The van der Waals surface area contributed by atoms with Crippen molar-refractivity contribution in [1.29, 1.82) is 0 Å². The third-order valence-electron chi connectivity index (χ3n) is 3.90. The highest BCUT2D eigenvalue weighted by molar-refractivity contribution is 5.83. The Balaban J connectivity index is 1.97. The molecule has 110 valence electrons. The fourth-order valence-corrected chi connectivity index (χ4v) is 2.76. The molecule has 0 spiro atoms. The number of hydrogen-bond donors (Lipinski definition) is 1. The molecule has 2 N–H and O–H groups in total. The van der Waals surface area contributed by atoms with Crippen molar-refractivity contribution in [2.75, 3.05) is 33.4 Å². The van der Waals surface area contributed by atoms with Crippen molar-refractivity contribution in [3.63, 3.8) is 0 Å². The molecule has 1 saturated heterocycles. The molecule has 1 fully saturated rings. The minimum Gasteiger partial charge on any atom is -0.381 e. The van der Waals surface area contributed by atoms with Crippen molar-refractivity contribution in [1.82, 2.24) is 4.90 Å². The Morgan fingerprint density at radius 1 is 1.45 bits per heavy atom. The first kappa shape index (κ1) is 15.0. The molecule has 0 radical (unpaired) electrons. The van der Waals surface area contributed by atoms with E-state index >= 15 is 0 Å². The van der Waals surface area contributed by atoms with E-state index in [1.54, 1.807) is 0 Å². The van der Waals surface area contributed by atoms with Gasteiger partial charge in [0, 0.05) is 26.7 Å². The van der Waals surface area contributed by atoms with Crippen LogP contribution in [0.25, 0.3) is 0 Å². The lowest BCUT2D eigenvalue weighted by atomic mass is 9.96.